The molecule has 0 fully saturated rings. The molecule has 134 valence electrons. The number of methoxy groups -OCH3 is 1. The molecule has 1 heterocycles. The van der Waals surface area contributed by atoms with Gasteiger partial charge in [-0.25, -0.2) is 0 Å². The van der Waals surface area contributed by atoms with E-state index in [4.69, 9.17) is 9.15 Å². The number of anilines is 1. The molecule has 1 amide bonds. The van der Waals surface area contributed by atoms with Crippen LogP contribution in [0.4, 0.5) is 5.69 Å². The lowest BCUT2D eigenvalue weighted by Gasteiger charge is -2.08. The molecule has 3 rings (SSSR count). The highest BCUT2D eigenvalue weighted by Crippen LogP contribution is 2.25. The Balaban J connectivity index is 1.58. The fraction of sp³-hybridized carbons (Fsp3) is 0.211. The number of nitrogens with zero attached hydrogens (tertiary/aromatic N) is 2. The lowest BCUT2D eigenvalue weighted by Crippen LogP contribution is -2.14. The number of carbonyl (C=O) groups excluding carboxylic acids is 1. The third kappa shape index (κ3) is 4.43. The molecule has 0 atom stereocenters. The third-order valence-corrected chi connectivity index (χ3v) is 4.54. The van der Waals surface area contributed by atoms with Crippen LogP contribution in [0, 0.1) is 13.8 Å². The summed E-state index contributed by atoms with van der Waals surface area (Å²) < 4.78 is 10.7. The van der Waals surface area contributed by atoms with Crippen molar-refractivity contribution in [2.45, 2.75) is 19.1 Å². The Morgan fingerprint density at radius 2 is 1.92 bits per heavy atom. The number of benzene rings is 2. The summed E-state index contributed by atoms with van der Waals surface area (Å²) in [5.74, 6) is 1.24. The van der Waals surface area contributed by atoms with Gasteiger partial charge in [-0.15, -0.1) is 10.2 Å². The van der Waals surface area contributed by atoms with Gasteiger partial charge in [0.15, 0.2) is 0 Å². The smallest absolute Gasteiger partial charge is 0.277 e. The maximum atomic E-state index is 12.1. The van der Waals surface area contributed by atoms with E-state index in [1.165, 1.54) is 11.8 Å². The number of aromatic nitrogens is 2. The molecule has 1 aromatic heterocycles. The van der Waals surface area contributed by atoms with E-state index < -0.39 is 0 Å². The molecule has 0 aliphatic heterocycles. The van der Waals surface area contributed by atoms with E-state index in [-0.39, 0.29) is 11.7 Å². The molecule has 1 N–H and O–H groups in total. The molecular weight excluding hydrogens is 350 g/mol. The number of aryl methyl sites for hydroxylation is 2. The molecule has 0 aliphatic carbocycles. The summed E-state index contributed by atoms with van der Waals surface area (Å²) >= 11 is 1.20. The van der Waals surface area contributed by atoms with Gasteiger partial charge in [0.05, 0.1) is 12.9 Å². The van der Waals surface area contributed by atoms with Gasteiger partial charge >= 0.3 is 0 Å². The molecule has 0 radical (unpaired) electrons. The van der Waals surface area contributed by atoms with Crippen molar-refractivity contribution in [1.29, 1.82) is 0 Å². The van der Waals surface area contributed by atoms with Crippen molar-refractivity contribution in [3.05, 3.63) is 53.6 Å². The van der Waals surface area contributed by atoms with Crippen molar-refractivity contribution in [2.24, 2.45) is 0 Å². The number of hydrogen-bond donors (Lipinski definition) is 1. The van der Waals surface area contributed by atoms with Gasteiger partial charge in [0.1, 0.15) is 5.75 Å². The molecule has 0 unspecified atom stereocenters. The Bertz CT molecular complexity index is 907. The van der Waals surface area contributed by atoms with Crippen LogP contribution in [-0.4, -0.2) is 29.0 Å². The van der Waals surface area contributed by atoms with Gasteiger partial charge in [-0.3, -0.25) is 4.79 Å². The van der Waals surface area contributed by atoms with Gasteiger partial charge < -0.3 is 14.5 Å². The molecule has 6 nitrogen and oxygen atoms in total. The Labute approximate surface area is 156 Å². The summed E-state index contributed by atoms with van der Waals surface area (Å²) in [6.07, 6.45) is 0. The predicted molar refractivity (Wildman–Crippen MR) is 102 cm³/mol. The topological polar surface area (TPSA) is 77.2 Å². The average molecular weight is 369 g/mol. The highest BCUT2D eigenvalue weighted by Gasteiger charge is 2.12. The van der Waals surface area contributed by atoms with Gasteiger partial charge in [-0.2, -0.15) is 0 Å². The van der Waals surface area contributed by atoms with Crippen LogP contribution in [0.3, 0.4) is 0 Å². The molecular formula is C19H19N3O3S. The second kappa shape index (κ2) is 8.05. The summed E-state index contributed by atoms with van der Waals surface area (Å²) in [5.41, 5.74) is 3.80. The zero-order chi connectivity index (χ0) is 18.5. The van der Waals surface area contributed by atoms with Crippen molar-refractivity contribution in [3.8, 4) is 17.2 Å². The van der Waals surface area contributed by atoms with E-state index >= 15 is 0 Å². The minimum atomic E-state index is -0.119. The maximum absolute atomic E-state index is 12.1. The fourth-order valence-corrected chi connectivity index (χ4v) is 2.95. The summed E-state index contributed by atoms with van der Waals surface area (Å²) in [6, 6.07) is 13.2. The molecule has 2 aromatic carbocycles. The zero-order valence-electron chi connectivity index (χ0n) is 14.8. The second-order valence-electron chi connectivity index (χ2n) is 5.76. The molecule has 0 saturated carbocycles. The fourth-order valence-electron chi connectivity index (χ4n) is 2.39. The number of amides is 1. The van der Waals surface area contributed by atoms with Gasteiger partial charge in [0, 0.05) is 11.3 Å². The first-order valence-corrected chi connectivity index (χ1v) is 9.01. The van der Waals surface area contributed by atoms with Crippen LogP contribution < -0.4 is 10.1 Å². The summed E-state index contributed by atoms with van der Waals surface area (Å²) in [7, 11) is 1.61. The number of ether oxygens (including phenoxy) is 1. The zero-order valence-corrected chi connectivity index (χ0v) is 15.6. The highest BCUT2D eigenvalue weighted by atomic mass is 32.2. The minimum Gasteiger partial charge on any atom is -0.497 e. The van der Waals surface area contributed by atoms with Gasteiger partial charge in [0.2, 0.25) is 11.8 Å². The monoisotopic (exact) mass is 369 g/mol. The summed E-state index contributed by atoms with van der Waals surface area (Å²) in [5, 5.41) is 11.2. The summed E-state index contributed by atoms with van der Waals surface area (Å²) in [4.78, 5) is 12.1. The van der Waals surface area contributed by atoms with E-state index in [0.717, 1.165) is 28.1 Å². The van der Waals surface area contributed by atoms with Crippen LogP contribution in [0.1, 0.15) is 11.1 Å². The van der Waals surface area contributed by atoms with E-state index in [0.29, 0.717) is 11.1 Å². The predicted octanol–water partition coefficient (Wildman–Crippen LogP) is 4.09. The van der Waals surface area contributed by atoms with Gasteiger partial charge in [0.25, 0.3) is 5.22 Å². The van der Waals surface area contributed by atoms with E-state index in [9.17, 15) is 4.79 Å². The van der Waals surface area contributed by atoms with Crippen molar-refractivity contribution in [2.75, 3.05) is 18.2 Å². The molecule has 0 saturated heterocycles. The first-order valence-electron chi connectivity index (χ1n) is 8.03. The van der Waals surface area contributed by atoms with E-state index in [2.05, 4.69) is 15.5 Å². The number of carbonyl (C=O) groups is 1. The van der Waals surface area contributed by atoms with E-state index in [1.54, 1.807) is 7.11 Å². The standard InChI is InChI=1S/C19H19N3O3S/c1-12-4-9-16(13(2)10-12)20-17(23)11-26-19-22-21-18(25-19)14-5-7-15(24-3)8-6-14/h4-10H,11H2,1-3H3,(H,20,23). The van der Waals surface area contributed by atoms with Crippen LogP contribution in [0.5, 0.6) is 5.75 Å². The molecule has 3 aromatic rings. The largest absolute Gasteiger partial charge is 0.497 e. The Morgan fingerprint density at radius 3 is 2.62 bits per heavy atom. The second-order valence-corrected chi connectivity index (χ2v) is 6.68. The Kier molecular flexibility index (Phi) is 5.58. The van der Waals surface area contributed by atoms with Crippen molar-refractivity contribution in [3.63, 3.8) is 0 Å². The number of rotatable bonds is 6. The minimum absolute atomic E-state index is 0.119. The van der Waals surface area contributed by atoms with Gasteiger partial charge in [-0.1, -0.05) is 29.5 Å². The quantitative estimate of drug-likeness (QED) is 0.660. The molecule has 0 bridgehead atoms. The molecule has 7 heteroatoms. The van der Waals surface area contributed by atoms with Crippen molar-refractivity contribution >= 4 is 23.4 Å². The van der Waals surface area contributed by atoms with Crippen molar-refractivity contribution < 1.29 is 13.9 Å². The average Bonchev–Trinajstić information content (AvgIpc) is 3.11. The molecule has 0 spiro atoms. The lowest BCUT2D eigenvalue weighted by molar-refractivity contribution is -0.113. The Morgan fingerprint density at radius 1 is 1.15 bits per heavy atom. The van der Waals surface area contributed by atoms with Crippen LogP contribution in [0.2, 0.25) is 0 Å². The normalized spacial score (nSPS) is 10.6. The third-order valence-electron chi connectivity index (χ3n) is 3.73. The number of nitrogens with one attached hydrogen (secondary N) is 1. The highest BCUT2D eigenvalue weighted by molar-refractivity contribution is 7.99. The summed E-state index contributed by atoms with van der Waals surface area (Å²) in [6.45, 7) is 3.99. The van der Waals surface area contributed by atoms with Gasteiger partial charge in [-0.05, 0) is 49.7 Å². The van der Waals surface area contributed by atoms with Crippen LogP contribution in [0.15, 0.2) is 52.1 Å². The SMILES string of the molecule is COc1ccc(-c2nnc(SCC(=O)Nc3ccc(C)cc3C)o2)cc1. The number of hydrogen-bond acceptors (Lipinski definition) is 6. The lowest BCUT2D eigenvalue weighted by atomic mass is 10.1. The molecule has 0 aliphatic rings. The Hall–Kier alpha value is -2.80. The number of thioether (sulfide) groups is 1. The molecule has 26 heavy (non-hydrogen) atoms. The van der Waals surface area contributed by atoms with Crippen LogP contribution >= 0.6 is 11.8 Å². The van der Waals surface area contributed by atoms with E-state index in [1.807, 2.05) is 56.3 Å². The van der Waals surface area contributed by atoms with Crippen LogP contribution in [0.25, 0.3) is 11.5 Å². The van der Waals surface area contributed by atoms with Crippen LogP contribution in [-0.2, 0) is 4.79 Å². The first kappa shape index (κ1) is 18.0. The maximum Gasteiger partial charge on any atom is 0.277 e. The van der Waals surface area contributed by atoms with Crippen molar-refractivity contribution in [1.82, 2.24) is 10.2 Å². The first-order chi connectivity index (χ1) is 12.5.